The molecule has 1 amide bonds. The number of nitrogens with one attached hydrogen (secondary N) is 1. The maximum atomic E-state index is 12.2. The lowest BCUT2D eigenvalue weighted by Gasteiger charge is -2.13. The summed E-state index contributed by atoms with van der Waals surface area (Å²) in [4.78, 5) is 23.0. The third-order valence-electron chi connectivity index (χ3n) is 3.06. The van der Waals surface area contributed by atoms with E-state index in [0.29, 0.717) is 5.69 Å². The minimum atomic E-state index is -1.14. The van der Waals surface area contributed by atoms with E-state index in [1.54, 1.807) is 22.9 Å². The summed E-state index contributed by atoms with van der Waals surface area (Å²) in [5.74, 6) is -1.80. The Hall–Kier alpha value is -2.76. The summed E-state index contributed by atoms with van der Waals surface area (Å²) in [5, 5.41) is 21.2. The Kier molecular flexibility index (Phi) is 3.98. The Morgan fingerprint density at radius 2 is 1.95 bits per heavy atom. The van der Waals surface area contributed by atoms with Crippen LogP contribution in [0.4, 0.5) is 5.69 Å². The van der Waals surface area contributed by atoms with Crippen LogP contribution in [0.3, 0.4) is 0 Å². The van der Waals surface area contributed by atoms with Crippen LogP contribution in [0.1, 0.15) is 40.7 Å². The number of carbonyl (C=O) groups is 2. The second-order valence-electron chi connectivity index (χ2n) is 4.89. The van der Waals surface area contributed by atoms with Crippen molar-refractivity contribution < 1.29 is 19.8 Å². The van der Waals surface area contributed by atoms with Crippen LogP contribution in [-0.2, 0) is 0 Å². The van der Waals surface area contributed by atoms with Gasteiger partial charge in [-0.1, -0.05) is 0 Å². The topological polar surface area (TPSA) is 91.6 Å². The number of hydrogen-bond donors (Lipinski definition) is 3. The number of carboxylic acids is 1. The molecule has 21 heavy (non-hydrogen) atoms. The molecule has 110 valence electrons. The highest BCUT2D eigenvalue weighted by Crippen LogP contribution is 2.25. The predicted molar refractivity (Wildman–Crippen MR) is 77.8 cm³/mol. The summed E-state index contributed by atoms with van der Waals surface area (Å²) >= 11 is 0. The van der Waals surface area contributed by atoms with Gasteiger partial charge in [-0.05, 0) is 44.2 Å². The summed E-state index contributed by atoms with van der Waals surface area (Å²) in [5.41, 5.74) is 0.587. The lowest BCUT2D eigenvalue weighted by Crippen LogP contribution is -2.18. The van der Waals surface area contributed by atoms with E-state index in [2.05, 4.69) is 5.32 Å². The third-order valence-corrected chi connectivity index (χ3v) is 3.06. The average molecular weight is 288 g/mol. The number of benzene rings is 1. The Morgan fingerprint density at radius 1 is 1.24 bits per heavy atom. The number of aromatic nitrogens is 1. The molecule has 6 heteroatoms. The van der Waals surface area contributed by atoms with Crippen LogP contribution < -0.4 is 5.32 Å². The van der Waals surface area contributed by atoms with Crippen LogP contribution in [0, 0.1) is 0 Å². The van der Waals surface area contributed by atoms with Gasteiger partial charge >= 0.3 is 5.97 Å². The van der Waals surface area contributed by atoms with Gasteiger partial charge in [0.25, 0.3) is 5.91 Å². The fourth-order valence-corrected chi connectivity index (χ4v) is 1.99. The molecule has 0 saturated carbocycles. The van der Waals surface area contributed by atoms with Gasteiger partial charge in [0.2, 0.25) is 0 Å². The standard InChI is InChI=1S/C15H16N2O4/c1-9(2)17-7-3-4-12(17)14(19)16-11-6-5-10(15(20)21)8-13(11)18/h3-9,18H,1-2H3,(H,16,19)(H,20,21). The number of phenols is 1. The first-order valence-corrected chi connectivity index (χ1v) is 6.44. The lowest BCUT2D eigenvalue weighted by atomic mass is 10.2. The molecule has 0 fully saturated rings. The number of hydrogen-bond acceptors (Lipinski definition) is 3. The van der Waals surface area contributed by atoms with E-state index in [1.807, 2.05) is 13.8 Å². The van der Waals surface area contributed by atoms with Crippen molar-refractivity contribution in [1.29, 1.82) is 0 Å². The molecule has 0 aliphatic heterocycles. The van der Waals surface area contributed by atoms with E-state index in [9.17, 15) is 14.7 Å². The Bertz CT molecular complexity index is 689. The fourth-order valence-electron chi connectivity index (χ4n) is 1.99. The molecule has 6 nitrogen and oxygen atoms in total. The Balaban J connectivity index is 2.24. The molecule has 0 radical (unpaired) electrons. The molecule has 1 aromatic carbocycles. The van der Waals surface area contributed by atoms with Crippen molar-refractivity contribution >= 4 is 17.6 Å². The van der Waals surface area contributed by atoms with Crippen molar-refractivity contribution in [2.75, 3.05) is 5.32 Å². The van der Waals surface area contributed by atoms with Gasteiger partial charge in [-0.2, -0.15) is 0 Å². The van der Waals surface area contributed by atoms with Gasteiger partial charge in [0.1, 0.15) is 11.4 Å². The van der Waals surface area contributed by atoms with Crippen LogP contribution in [0.2, 0.25) is 0 Å². The number of carbonyl (C=O) groups excluding carboxylic acids is 1. The number of anilines is 1. The summed E-state index contributed by atoms with van der Waals surface area (Å²) in [7, 11) is 0. The number of aromatic carboxylic acids is 1. The number of aromatic hydroxyl groups is 1. The van der Waals surface area contributed by atoms with Crippen LogP contribution in [0.15, 0.2) is 36.5 Å². The molecular weight excluding hydrogens is 272 g/mol. The monoisotopic (exact) mass is 288 g/mol. The molecule has 2 rings (SSSR count). The first kappa shape index (κ1) is 14.6. The zero-order valence-electron chi connectivity index (χ0n) is 11.7. The van der Waals surface area contributed by atoms with Crippen molar-refractivity contribution in [3.05, 3.63) is 47.8 Å². The SMILES string of the molecule is CC(C)n1cccc1C(=O)Nc1ccc(C(=O)O)cc1O. The maximum Gasteiger partial charge on any atom is 0.335 e. The number of amides is 1. The van der Waals surface area contributed by atoms with E-state index in [0.717, 1.165) is 6.07 Å². The van der Waals surface area contributed by atoms with Gasteiger partial charge in [0.05, 0.1) is 11.3 Å². The van der Waals surface area contributed by atoms with E-state index >= 15 is 0 Å². The van der Waals surface area contributed by atoms with Gasteiger partial charge in [-0.25, -0.2) is 4.79 Å². The first-order chi connectivity index (χ1) is 9.90. The van der Waals surface area contributed by atoms with Crippen molar-refractivity contribution in [1.82, 2.24) is 4.57 Å². The molecular formula is C15H16N2O4. The molecule has 3 N–H and O–H groups in total. The molecule has 2 aromatic rings. The lowest BCUT2D eigenvalue weighted by molar-refractivity contribution is 0.0696. The van der Waals surface area contributed by atoms with Crippen molar-refractivity contribution in [2.24, 2.45) is 0 Å². The number of nitrogens with zero attached hydrogens (tertiary/aromatic N) is 1. The molecule has 0 atom stereocenters. The number of carboxylic acid groups (broad SMARTS) is 1. The Labute approximate surface area is 121 Å². The largest absolute Gasteiger partial charge is 0.506 e. The highest BCUT2D eigenvalue weighted by atomic mass is 16.4. The summed E-state index contributed by atoms with van der Waals surface area (Å²) in [6, 6.07) is 7.35. The van der Waals surface area contributed by atoms with Gasteiger partial charge in [0.15, 0.2) is 0 Å². The van der Waals surface area contributed by atoms with E-state index in [1.165, 1.54) is 12.1 Å². The summed E-state index contributed by atoms with van der Waals surface area (Å²) in [6.07, 6.45) is 1.80. The zero-order chi connectivity index (χ0) is 15.6. The number of phenolic OH excluding ortho intramolecular Hbond substituents is 1. The second-order valence-corrected chi connectivity index (χ2v) is 4.89. The first-order valence-electron chi connectivity index (χ1n) is 6.44. The molecule has 0 aliphatic rings. The normalized spacial score (nSPS) is 10.6. The van der Waals surface area contributed by atoms with Crippen molar-refractivity contribution in [3.8, 4) is 5.75 Å². The molecule has 1 aromatic heterocycles. The third kappa shape index (κ3) is 3.05. The molecule has 0 bridgehead atoms. The predicted octanol–water partition coefficient (Wildman–Crippen LogP) is 2.73. The highest BCUT2D eigenvalue weighted by Gasteiger charge is 2.15. The average Bonchev–Trinajstić information content (AvgIpc) is 2.90. The van der Waals surface area contributed by atoms with Crippen LogP contribution in [0.5, 0.6) is 5.75 Å². The quantitative estimate of drug-likeness (QED) is 0.754. The fraction of sp³-hybridized carbons (Fsp3) is 0.200. The molecule has 1 heterocycles. The molecule has 0 aliphatic carbocycles. The van der Waals surface area contributed by atoms with Crippen molar-refractivity contribution in [2.45, 2.75) is 19.9 Å². The highest BCUT2D eigenvalue weighted by molar-refractivity contribution is 6.04. The van der Waals surface area contributed by atoms with E-state index in [-0.39, 0.29) is 28.9 Å². The Morgan fingerprint density at radius 3 is 2.52 bits per heavy atom. The number of rotatable bonds is 4. The van der Waals surface area contributed by atoms with E-state index in [4.69, 9.17) is 5.11 Å². The summed E-state index contributed by atoms with van der Waals surface area (Å²) < 4.78 is 1.80. The van der Waals surface area contributed by atoms with Gasteiger partial charge in [-0.15, -0.1) is 0 Å². The van der Waals surface area contributed by atoms with Gasteiger partial charge in [0, 0.05) is 12.2 Å². The molecule has 0 saturated heterocycles. The van der Waals surface area contributed by atoms with Gasteiger partial charge < -0.3 is 20.1 Å². The second kappa shape index (κ2) is 5.70. The maximum absolute atomic E-state index is 12.2. The van der Waals surface area contributed by atoms with E-state index < -0.39 is 5.97 Å². The van der Waals surface area contributed by atoms with Crippen LogP contribution in [0.25, 0.3) is 0 Å². The van der Waals surface area contributed by atoms with Crippen LogP contribution >= 0.6 is 0 Å². The van der Waals surface area contributed by atoms with Crippen molar-refractivity contribution in [3.63, 3.8) is 0 Å². The van der Waals surface area contributed by atoms with Crippen LogP contribution in [-0.4, -0.2) is 26.7 Å². The minimum absolute atomic E-state index is 0.0453. The summed E-state index contributed by atoms with van der Waals surface area (Å²) in [6.45, 7) is 3.91. The smallest absolute Gasteiger partial charge is 0.335 e. The molecule has 0 unspecified atom stereocenters. The zero-order valence-corrected chi connectivity index (χ0v) is 11.7. The molecule has 0 spiro atoms. The van der Waals surface area contributed by atoms with Gasteiger partial charge in [-0.3, -0.25) is 4.79 Å². The minimum Gasteiger partial charge on any atom is -0.506 e.